The molecule has 1 unspecified atom stereocenters. The molecule has 0 amide bonds. The fourth-order valence-electron chi connectivity index (χ4n) is 0.880. The number of aliphatic hydroxyl groups is 1. The molecule has 0 saturated heterocycles. The van der Waals surface area contributed by atoms with Crippen LogP contribution in [0.5, 0.6) is 0 Å². The van der Waals surface area contributed by atoms with Crippen LogP contribution in [-0.4, -0.2) is 46.0 Å². The van der Waals surface area contributed by atoms with Crippen LogP contribution in [0, 0.1) is 0 Å². The zero-order valence-corrected chi connectivity index (χ0v) is 10.3. The summed E-state index contributed by atoms with van der Waals surface area (Å²) < 4.78 is 0. The second kappa shape index (κ2) is 5.83. The summed E-state index contributed by atoms with van der Waals surface area (Å²) in [6.45, 7) is 1.96. The number of nitrogens with two attached hydrogens (primary N) is 1. The molecule has 1 aromatic heterocycles. The predicted molar refractivity (Wildman–Crippen MR) is 64.4 cm³/mol. The Kier molecular flexibility index (Phi) is 4.71. The second-order valence-corrected chi connectivity index (χ2v) is 4.80. The van der Waals surface area contributed by atoms with Crippen LogP contribution in [-0.2, 0) is 0 Å². The molecule has 0 aromatic carbocycles. The Bertz CT molecular complexity index is 347. The molecular weight excluding hydrogens is 228 g/mol. The van der Waals surface area contributed by atoms with Crippen LogP contribution in [0.1, 0.15) is 6.92 Å². The van der Waals surface area contributed by atoms with Gasteiger partial charge in [0.05, 0.1) is 6.61 Å². The summed E-state index contributed by atoms with van der Waals surface area (Å²) in [7, 11) is 3.67. The molecule has 0 fully saturated rings. The van der Waals surface area contributed by atoms with E-state index in [9.17, 15) is 0 Å². The van der Waals surface area contributed by atoms with Crippen molar-refractivity contribution in [3.8, 4) is 0 Å². The summed E-state index contributed by atoms with van der Waals surface area (Å²) in [5.41, 5.74) is 2.39. The number of hydrazine groups is 1. The van der Waals surface area contributed by atoms with Crippen LogP contribution < -0.4 is 16.2 Å². The SMILES string of the molecule is CC(CO)Sc1nc(NN)nc(N(C)C)n1. The van der Waals surface area contributed by atoms with Gasteiger partial charge in [-0.15, -0.1) is 0 Å². The molecule has 1 rings (SSSR count). The van der Waals surface area contributed by atoms with Crippen molar-refractivity contribution in [1.82, 2.24) is 15.0 Å². The van der Waals surface area contributed by atoms with Gasteiger partial charge in [-0.05, 0) is 0 Å². The van der Waals surface area contributed by atoms with Crippen LogP contribution in [0.3, 0.4) is 0 Å². The first-order valence-electron chi connectivity index (χ1n) is 4.74. The molecule has 1 atom stereocenters. The summed E-state index contributed by atoms with van der Waals surface area (Å²) in [5, 5.41) is 9.52. The first kappa shape index (κ1) is 12.9. The van der Waals surface area contributed by atoms with E-state index in [0.29, 0.717) is 17.1 Å². The predicted octanol–water partition coefficient (Wildman–Crippen LogP) is -0.304. The minimum atomic E-state index is 0.0306. The summed E-state index contributed by atoms with van der Waals surface area (Å²) in [6, 6.07) is 0. The van der Waals surface area contributed by atoms with Gasteiger partial charge < -0.3 is 10.0 Å². The Morgan fingerprint density at radius 2 is 2.12 bits per heavy atom. The average molecular weight is 244 g/mol. The van der Waals surface area contributed by atoms with Crippen molar-refractivity contribution in [2.75, 3.05) is 31.0 Å². The molecule has 8 heteroatoms. The molecule has 7 nitrogen and oxygen atoms in total. The first-order chi connectivity index (χ1) is 7.56. The molecule has 90 valence electrons. The lowest BCUT2D eigenvalue weighted by Crippen LogP contribution is -2.18. The van der Waals surface area contributed by atoms with Crippen LogP contribution in [0.2, 0.25) is 0 Å². The van der Waals surface area contributed by atoms with Gasteiger partial charge >= 0.3 is 0 Å². The molecule has 16 heavy (non-hydrogen) atoms. The molecule has 0 aliphatic heterocycles. The molecule has 0 radical (unpaired) electrons. The molecule has 4 N–H and O–H groups in total. The fraction of sp³-hybridized carbons (Fsp3) is 0.625. The van der Waals surface area contributed by atoms with Crippen molar-refractivity contribution in [1.29, 1.82) is 0 Å². The number of nitrogens with one attached hydrogen (secondary N) is 1. The smallest absolute Gasteiger partial charge is 0.242 e. The van der Waals surface area contributed by atoms with Crippen molar-refractivity contribution in [3.63, 3.8) is 0 Å². The maximum Gasteiger partial charge on any atom is 0.242 e. The largest absolute Gasteiger partial charge is 0.395 e. The Balaban J connectivity index is 2.95. The summed E-state index contributed by atoms with van der Waals surface area (Å²) in [6.07, 6.45) is 0. The number of anilines is 2. The van der Waals surface area contributed by atoms with Gasteiger partial charge in [0.2, 0.25) is 11.9 Å². The molecular formula is C8H16N6OS. The topological polar surface area (TPSA) is 100 Å². The number of hydrogen-bond acceptors (Lipinski definition) is 8. The van der Waals surface area contributed by atoms with Gasteiger partial charge in [0.15, 0.2) is 5.16 Å². The van der Waals surface area contributed by atoms with E-state index in [-0.39, 0.29) is 11.9 Å². The van der Waals surface area contributed by atoms with E-state index < -0.39 is 0 Å². The normalized spacial score (nSPS) is 12.3. The maximum atomic E-state index is 8.96. The number of aliphatic hydroxyl groups excluding tert-OH is 1. The molecule has 0 spiro atoms. The lowest BCUT2D eigenvalue weighted by atomic mass is 10.5. The van der Waals surface area contributed by atoms with E-state index >= 15 is 0 Å². The highest BCUT2D eigenvalue weighted by molar-refractivity contribution is 7.99. The van der Waals surface area contributed by atoms with Crippen LogP contribution in [0.15, 0.2) is 5.16 Å². The lowest BCUT2D eigenvalue weighted by Gasteiger charge is -2.13. The van der Waals surface area contributed by atoms with Crippen LogP contribution in [0.4, 0.5) is 11.9 Å². The number of hydrogen-bond donors (Lipinski definition) is 3. The third-order valence-electron chi connectivity index (χ3n) is 1.70. The van der Waals surface area contributed by atoms with E-state index in [4.69, 9.17) is 10.9 Å². The molecule has 0 aliphatic rings. The van der Waals surface area contributed by atoms with Gasteiger partial charge in [0.1, 0.15) is 0 Å². The number of nitrogens with zero attached hydrogens (tertiary/aromatic N) is 4. The Hall–Kier alpha value is -1.12. The molecule has 1 aromatic rings. The highest BCUT2D eigenvalue weighted by Crippen LogP contribution is 2.21. The van der Waals surface area contributed by atoms with E-state index in [1.807, 2.05) is 21.0 Å². The number of aromatic nitrogens is 3. The number of rotatable bonds is 5. The van der Waals surface area contributed by atoms with Crippen molar-refractivity contribution >= 4 is 23.7 Å². The monoisotopic (exact) mass is 244 g/mol. The highest BCUT2D eigenvalue weighted by atomic mass is 32.2. The molecule has 0 bridgehead atoms. The minimum Gasteiger partial charge on any atom is -0.395 e. The van der Waals surface area contributed by atoms with Crippen molar-refractivity contribution in [3.05, 3.63) is 0 Å². The quantitative estimate of drug-likeness (QED) is 0.368. The summed E-state index contributed by atoms with van der Waals surface area (Å²) >= 11 is 1.37. The molecule has 1 heterocycles. The molecule has 0 aliphatic carbocycles. The summed E-state index contributed by atoms with van der Waals surface area (Å²) in [4.78, 5) is 14.2. The minimum absolute atomic E-state index is 0.0306. The lowest BCUT2D eigenvalue weighted by molar-refractivity contribution is 0.300. The summed E-state index contributed by atoms with van der Waals surface area (Å²) in [5.74, 6) is 6.11. The van der Waals surface area contributed by atoms with Gasteiger partial charge in [0, 0.05) is 19.3 Å². The number of thioether (sulfide) groups is 1. The second-order valence-electron chi connectivity index (χ2n) is 3.39. The maximum absolute atomic E-state index is 8.96. The molecule has 0 saturated carbocycles. The Morgan fingerprint density at radius 1 is 1.44 bits per heavy atom. The zero-order valence-electron chi connectivity index (χ0n) is 9.51. The highest BCUT2D eigenvalue weighted by Gasteiger charge is 2.10. The van der Waals surface area contributed by atoms with Crippen LogP contribution in [0.25, 0.3) is 0 Å². The fourth-order valence-corrected chi connectivity index (χ4v) is 1.59. The van der Waals surface area contributed by atoms with E-state index in [1.165, 1.54) is 11.8 Å². The average Bonchev–Trinajstić information content (AvgIpc) is 2.28. The zero-order chi connectivity index (χ0) is 12.1. The van der Waals surface area contributed by atoms with Gasteiger partial charge in [-0.1, -0.05) is 18.7 Å². The third-order valence-corrected chi connectivity index (χ3v) is 2.64. The van der Waals surface area contributed by atoms with Crippen molar-refractivity contribution in [2.24, 2.45) is 5.84 Å². The van der Waals surface area contributed by atoms with Crippen LogP contribution >= 0.6 is 11.8 Å². The third kappa shape index (κ3) is 3.47. The van der Waals surface area contributed by atoms with Crippen molar-refractivity contribution < 1.29 is 5.11 Å². The van der Waals surface area contributed by atoms with Gasteiger partial charge in [-0.2, -0.15) is 15.0 Å². The van der Waals surface area contributed by atoms with Gasteiger partial charge in [0.25, 0.3) is 0 Å². The van der Waals surface area contributed by atoms with Gasteiger partial charge in [-0.3, -0.25) is 5.43 Å². The number of nitrogen functional groups attached to an aromatic ring is 1. The van der Waals surface area contributed by atoms with E-state index in [1.54, 1.807) is 4.90 Å². The standard InChI is InChI=1S/C8H16N6OS/c1-5(4-15)16-8-11-6(13-9)10-7(12-8)14(2)3/h5,15H,4,9H2,1-3H3,(H,10,11,12,13). The van der Waals surface area contributed by atoms with Gasteiger partial charge in [-0.25, -0.2) is 5.84 Å². The Labute approximate surface area is 98.5 Å². The Morgan fingerprint density at radius 3 is 2.62 bits per heavy atom. The van der Waals surface area contributed by atoms with E-state index in [2.05, 4.69) is 20.4 Å². The van der Waals surface area contributed by atoms with Crippen molar-refractivity contribution in [2.45, 2.75) is 17.3 Å². The first-order valence-corrected chi connectivity index (χ1v) is 5.62. The van der Waals surface area contributed by atoms with E-state index in [0.717, 1.165) is 0 Å².